The Balaban J connectivity index is 1.76. The minimum Gasteiger partial charge on any atom is -0.472 e. The number of anilines is 1. The Hall–Kier alpha value is -2.57. The van der Waals surface area contributed by atoms with Crippen molar-refractivity contribution in [2.45, 2.75) is 6.61 Å². The summed E-state index contributed by atoms with van der Waals surface area (Å²) in [6.07, 6.45) is 1.76. The number of nitrogens with two attached hydrogens (primary N) is 1. The van der Waals surface area contributed by atoms with Crippen molar-refractivity contribution in [2.75, 3.05) is 12.1 Å². The third kappa shape index (κ3) is 3.50. The Morgan fingerprint density at radius 3 is 2.67 bits per heavy atom. The van der Waals surface area contributed by atoms with Gasteiger partial charge in [0.2, 0.25) is 5.88 Å². The van der Waals surface area contributed by atoms with Crippen LogP contribution in [0.1, 0.15) is 5.56 Å². The summed E-state index contributed by atoms with van der Waals surface area (Å²) in [5.74, 6) is 5.74. The van der Waals surface area contributed by atoms with Gasteiger partial charge in [-0.25, -0.2) is 14.9 Å². The molecule has 3 rings (SSSR count). The predicted octanol–water partition coefficient (Wildman–Crippen LogP) is 3.55. The molecule has 0 aliphatic rings. The average molecular weight is 347 g/mol. The van der Waals surface area contributed by atoms with E-state index >= 15 is 0 Å². The second-order valence-electron chi connectivity index (χ2n) is 5.21. The third-order valence-electron chi connectivity index (χ3n) is 3.49. The number of halogens is 2. The van der Waals surface area contributed by atoms with E-state index in [9.17, 15) is 4.39 Å². The Labute approximate surface area is 144 Å². The van der Waals surface area contributed by atoms with E-state index < -0.39 is 0 Å². The molecular weight excluding hydrogens is 331 g/mol. The Kier molecular flexibility index (Phi) is 4.69. The molecule has 2 N–H and O–H groups in total. The molecule has 24 heavy (non-hydrogen) atoms. The smallest absolute Gasteiger partial charge is 0.233 e. The Morgan fingerprint density at radius 1 is 1.21 bits per heavy atom. The van der Waals surface area contributed by atoms with Crippen LogP contribution in [0.15, 0.2) is 54.7 Å². The highest BCUT2D eigenvalue weighted by atomic mass is 35.5. The summed E-state index contributed by atoms with van der Waals surface area (Å²) in [5.41, 5.74) is 1.79. The van der Waals surface area contributed by atoms with E-state index in [1.54, 1.807) is 48.3 Å². The van der Waals surface area contributed by atoms with Crippen molar-refractivity contribution >= 4 is 17.3 Å². The molecule has 1 aromatic heterocycles. The average Bonchev–Trinajstić information content (AvgIpc) is 3.03. The normalized spacial score (nSPS) is 10.7. The quantitative estimate of drug-likeness (QED) is 0.567. The van der Waals surface area contributed by atoms with E-state index in [0.717, 1.165) is 5.69 Å². The summed E-state index contributed by atoms with van der Waals surface area (Å²) in [6, 6.07) is 13.7. The van der Waals surface area contributed by atoms with Gasteiger partial charge in [-0.15, -0.1) is 5.10 Å². The first-order valence-electron chi connectivity index (χ1n) is 7.25. The monoisotopic (exact) mass is 346 g/mol. The summed E-state index contributed by atoms with van der Waals surface area (Å²) in [7, 11) is 1.65. The first kappa shape index (κ1) is 16.3. The maximum Gasteiger partial charge on any atom is 0.233 e. The second-order valence-corrected chi connectivity index (χ2v) is 5.65. The number of hydrazine groups is 1. The van der Waals surface area contributed by atoms with Gasteiger partial charge in [0.05, 0.1) is 11.4 Å². The van der Waals surface area contributed by atoms with E-state index in [-0.39, 0.29) is 12.4 Å². The summed E-state index contributed by atoms with van der Waals surface area (Å²) >= 11 is 5.87. The first-order chi connectivity index (χ1) is 11.5. The molecule has 0 amide bonds. The first-order valence-corrected chi connectivity index (χ1v) is 7.62. The molecule has 0 radical (unpaired) electrons. The lowest BCUT2D eigenvalue weighted by Gasteiger charge is -2.17. The van der Waals surface area contributed by atoms with E-state index in [0.29, 0.717) is 22.2 Å². The molecule has 0 fully saturated rings. The van der Waals surface area contributed by atoms with Gasteiger partial charge in [-0.2, -0.15) is 0 Å². The lowest BCUT2D eigenvalue weighted by Crippen LogP contribution is -2.27. The molecule has 124 valence electrons. The van der Waals surface area contributed by atoms with Crippen LogP contribution in [0.4, 0.5) is 10.1 Å². The number of nitrogens with zero attached hydrogens (tertiary/aromatic N) is 3. The maximum absolute atomic E-state index is 14.0. The van der Waals surface area contributed by atoms with Gasteiger partial charge in [-0.1, -0.05) is 17.7 Å². The molecule has 1 heterocycles. The zero-order chi connectivity index (χ0) is 17.1. The molecule has 0 saturated carbocycles. The molecule has 0 aliphatic carbocycles. The summed E-state index contributed by atoms with van der Waals surface area (Å²) in [6.45, 7) is 0.0289. The van der Waals surface area contributed by atoms with Crippen LogP contribution in [0, 0.1) is 5.82 Å². The van der Waals surface area contributed by atoms with Crippen LogP contribution in [0.2, 0.25) is 5.02 Å². The van der Waals surface area contributed by atoms with Crippen LogP contribution in [0.5, 0.6) is 5.88 Å². The number of benzene rings is 2. The number of hydrogen-bond acceptors (Lipinski definition) is 4. The minimum absolute atomic E-state index is 0.0289. The van der Waals surface area contributed by atoms with Crippen molar-refractivity contribution in [3.05, 3.63) is 71.1 Å². The molecule has 0 bridgehead atoms. The van der Waals surface area contributed by atoms with E-state index in [1.165, 1.54) is 11.1 Å². The zero-order valence-electron chi connectivity index (χ0n) is 13.0. The van der Waals surface area contributed by atoms with Gasteiger partial charge >= 0.3 is 0 Å². The van der Waals surface area contributed by atoms with Crippen molar-refractivity contribution in [1.82, 2.24) is 9.78 Å². The van der Waals surface area contributed by atoms with Crippen LogP contribution < -0.4 is 15.6 Å². The molecule has 3 aromatic rings. The molecule has 5 nitrogen and oxygen atoms in total. The standard InChI is InChI=1S/C17H16ClFN4O/c1-22(20)16-4-2-3-15(19)14(16)11-24-17-9-10-23(21-17)13-7-5-12(18)6-8-13/h2-10H,11,20H2,1H3. The van der Waals surface area contributed by atoms with Gasteiger partial charge in [-0.3, -0.25) is 0 Å². The molecule has 0 saturated heterocycles. The van der Waals surface area contributed by atoms with Gasteiger partial charge < -0.3 is 9.75 Å². The highest BCUT2D eigenvalue weighted by Gasteiger charge is 2.12. The highest BCUT2D eigenvalue weighted by Crippen LogP contribution is 2.23. The van der Waals surface area contributed by atoms with E-state index in [4.69, 9.17) is 22.2 Å². The van der Waals surface area contributed by atoms with Gasteiger partial charge in [0.25, 0.3) is 0 Å². The van der Waals surface area contributed by atoms with Crippen LogP contribution in [0.3, 0.4) is 0 Å². The number of aromatic nitrogens is 2. The predicted molar refractivity (Wildman–Crippen MR) is 91.9 cm³/mol. The molecular formula is C17H16ClFN4O. The van der Waals surface area contributed by atoms with Crippen LogP contribution in [-0.4, -0.2) is 16.8 Å². The maximum atomic E-state index is 14.0. The number of rotatable bonds is 5. The molecule has 0 spiro atoms. The zero-order valence-corrected chi connectivity index (χ0v) is 13.7. The SMILES string of the molecule is CN(N)c1cccc(F)c1COc1ccn(-c2ccc(Cl)cc2)n1. The Morgan fingerprint density at radius 2 is 1.96 bits per heavy atom. The van der Waals surface area contributed by atoms with Crippen molar-refractivity contribution in [2.24, 2.45) is 5.84 Å². The fraction of sp³-hybridized carbons (Fsp3) is 0.118. The minimum atomic E-state index is -0.373. The van der Waals surface area contributed by atoms with Gasteiger partial charge in [0.15, 0.2) is 0 Å². The molecule has 7 heteroatoms. The number of hydrogen-bond donors (Lipinski definition) is 1. The second kappa shape index (κ2) is 6.90. The summed E-state index contributed by atoms with van der Waals surface area (Å²) in [4.78, 5) is 0. The summed E-state index contributed by atoms with van der Waals surface area (Å²) in [5, 5.41) is 6.32. The summed E-state index contributed by atoms with van der Waals surface area (Å²) < 4.78 is 21.3. The molecule has 0 atom stereocenters. The fourth-order valence-electron chi connectivity index (χ4n) is 2.29. The van der Waals surface area contributed by atoms with Crippen molar-refractivity contribution in [3.63, 3.8) is 0 Å². The largest absolute Gasteiger partial charge is 0.472 e. The van der Waals surface area contributed by atoms with Crippen molar-refractivity contribution in [3.8, 4) is 11.6 Å². The van der Waals surface area contributed by atoms with Crippen molar-refractivity contribution in [1.29, 1.82) is 0 Å². The van der Waals surface area contributed by atoms with Crippen LogP contribution in [-0.2, 0) is 6.61 Å². The Bertz CT molecular complexity index is 833. The molecule has 2 aromatic carbocycles. The van der Waals surface area contributed by atoms with Crippen LogP contribution in [0.25, 0.3) is 5.69 Å². The molecule has 0 unspecified atom stereocenters. The number of ether oxygens (including phenoxy) is 1. The lowest BCUT2D eigenvalue weighted by atomic mass is 10.1. The van der Waals surface area contributed by atoms with Crippen LogP contribution >= 0.6 is 11.6 Å². The van der Waals surface area contributed by atoms with Gasteiger partial charge in [-0.05, 0) is 36.4 Å². The van der Waals surface area contributed by atoms with E-state index in [2.05, 4.69) is 5.10 Å². The third-order valence-corrected chi connectivity index (χ3v) is 3.75. The topological polar surface area (TPSA) is 56.3 Å². The highest BCUT2D eigenvalue weighted by molar-refractivity contribution is 6.30. The van der Waals surface area contributed by atoms with Gasteiger partial charge in [0.1, 0.15) is 12.4 Å². The molecule has 0 aliphatic heterocycles. The van der Waals surface area contributed by atoms with Gasteiger partial charge in [0, 0.05) is 29.9 Å². The fourth-order valence-corrected chi connectivity index (χ4v) is 2.41. The van der Waals surface area contributed by atoms with Crippen molar-refractivity contribution < 1.29 is 9.13 Å². The lowest BCUT2D eigenvalue weighted by molar-refractivity contribution is 0.286. The van der Waals surface area contributed by atoms with E-state index in [1.807, 2.05) is 12.1 Å².